The third-order valence-corrected chi connectivity index (χ3v) is 3.06. The Hall–Kier alpha value is -0.0800. The molecule has 2 fully saturated rings. The van der Waals surface area contributed by atoms with Crippen LogP contribution in [0.1, 0.15) is 26.2 Å². The predicted molar refractivity (Wildman–Crippen MR) is 44.6 cm³/mol. The van der Waals surface area contributed by atoms with Gasteiger partial charge in [-0.2, -0.15) is 0 Å². The summed E-state index contributed by atoms with van der Waals surface area (Å²) in [5.74, 6) is 0. The largest absolute Gasteiger partial charge is 0.378 e. The summed E-state index contributed by atoms with van der Waals surface area (Å²) in [4.78, 5) is 0. The van der Waals surface area contributed by atoms with E-state index in [4.69, 9.17) is 4.74 Å². The van der Waals surface area contributed by atoms with Crippen molar-refractivity contribution in [3.8, 4) is 0 Å². The average molecular weight is 155 g/mol. The molecular formula is C9H17NO. The zero-order chi connectivity index (χ0) is 7.73. The predicted octanol–water partition coefficient (Wildman–Crippen LogP) is 1.17. The van der Waals surface area contributed by atoms with Crippen LogP contribution >= 0.6 is 0 Å². The lowest BCUT2D eigenvalue weighted by molar-refractivity contribution is 0.0952. The summed E-state index contributed by atoms with van der Waals surface area (Å²) in [6.45, 7) is 5.58. The molecular weight excluding hydrogens is 138 g/mol. The van der Waals surface area contributed by atoms with Crippen LogP contribution in [-0.2, 0) is 4.74 Å². The second kappa shape index (κ2) is 2.76. The lowest BCUT2D eigenvalue weighted by Crippen LogP contribution is -2.37. The van der Waals surface area contributed by atoms with Crippen LogP contribution in [0.25, 0.3) is 0 Å². The molecule has 2 rings (SSSR count). The van der Waals surface area contributed by atoms with Gasteiger partial charge in [0, 0.05) is 0 Å². The van der Waals surface area contributed by atoms with Crippen LogP contribution in [0.2, 0.25) is 0 Å². The maximum Gasteiger partial charge on any atom is 0.0553 e. The summed E-state index contributed by atoms with van der Waals surface area (Å²) in [6, 6.07) is 0. The van der Waals surface area contributed by atoms with E-state index in [-0.39, 0.29) is 0 Å². The molecule has 2 nitrogen and oxygen atoms in total. The molecule has 0 bridgehead atoms. The minimum Gasteiger partial charge on any atom is -0.378 e. The Kier molecular flexibility index (Phi) is 1.90. The van der Waals surface area contributed by atoms with Crippen molar-refractivity contribution >= 4 is 0 Å². The molecule has 2 heteroatoms. The first-order valence-corrected chi connectivity index (χ1v) is 4.63. The monoisotopic (exact) mass is 155 g/mol. The maximum absolute atomic E-state index is 5.62. The summed E-state index contributed by atoms with van der Waals surface area (Å²) < 4.78 is 5.62. The van der Waals surface area contributed by atoms with Gasteiger partial charge in [0.05, 0.1) is 12.7 Å². The van der Waals surface area contributed by atoms with Gasteiger partial charge < -0.3 is 10.1 Å². The molecule has 1 atom stereocenters. The Morgan fingerprint density at radius 2 is 2.09 bits per heavy atom. The SMILES string of the molecule is C[C@@H]1CC2(CCNCC2)CO1. The van der Waals surface area contributed by atoms with Gasteiger partial charge in [-0.3, -0.25) is 0 Å². The van der Waals surface area contributed by atoms with Gasteiger partial charge in [-0.1, -0.05) is 0 Å². The van der Waals surface area contributed by atoms with Crippen molar-refractivity contribution in [1.29, 1.82) is 0 Å². The molecule has 0 amide bonds. The lowest BCUT2D eigenvalue weighted by Gasteiger charge is -2.32. The first-order chi connectivity index (χ1) is 5.31. The van der Waals surface area contributed by atoms with Crippen LogP contribution in [0.3, 0.4) is 0 Å². The maximum atomic E-state index is 5.62. The second-order valence-electron chi connectivity index (χ2n) is 4.08. The smallest absolute Gasteiger partial charge is 0.0553 e. The lowest BCUT2D eigenvalue weighted by atomic mass is 9.77. The first kappa shape index (κ1) is 7.56. The third-order valence-electron chi connectivity index (χ3n) is 3.06. The van der Waals surface area contributed by atoms with Gasteiger partial charge in [0.2, 0.25) is 0 Å². The van der Waals surface area contributed by atoms with E-state index in [1.807, 2.05) is 0 Å². The average Bonchev–Trinajstić information content (AvgIpc) is 2.34. The van der Waals surface area contributed by atoms with E-state index >= 15 is 0 Å². The number of hydrogen-bond donors (Lipinski definition) is 1. The highest BCUT2D eigenvalue weighted by atomic mass is 16.5. The van der Waals surface area contributed by atoms with Crippen molar-refractivity contribution in [3.05, 3.63) is 0 Å². The molecule has 64 valence electrons. The molecule has 0 unspecified atom stereocenters. The zero-order valence-corrected chi connectivity index (χ0v) is 7.23. The van der Waals surface area contributed by atoms with Gasteiger partial charge in [0.15, 0.2) is 0 Å². The number of rotatable bonds is 0. The van der Waals surface area contributed by atoms with E-state index < -0.39 is 0 Å². The zero-order valence-electron chi connectivity index (χ0n) is 7.23. The van der Waals surface area contributed by atoms with Crippen molar-refractivity contribution in [2.45, 2.75) is 32.3 Å². The number of hydrogen-bond acceptors (Lipinski definition) is 2. The fourth-order valence-electron chi connectivity index (χ4n) is 2.35. The van der Waals surface area contributed by atoms with Crippen molar-refractivity contribution in [2.75, 3.05) is 19.7 Å². The molecule has 0 aromatic carbocycles. The molecule has 11 heavy (non-hydrogen) atoms. The number of nitrogens with one attached hydrogen (secondary N) is 1. The minimum atomic E-state index is 0.507. The highest BCUT2D eigenvalue weighted by Crippen LogP contribution is 2.39. The van der Waals surface area contributed by atoms with Crippen molar-refractivity contribution in [1.82, 2.24) is 5.32 Å². The minimum absolute atomic E-state index is 0.507. The van der Waals surface area contributed by atoms with Gasteiger partial charge in [-0.15, -0.1) is 0 Å². The molecule has 0 aromatic rings. The molecule has 0 aliphatic carbocycles. The standard InChI is InChI=1S/C9H17NO/c1-8-6-9(7-11-8)2-4-10-5-3-9/h8,10H,2-7H2,1H3/t8-/m1/s1. The third kappa shape index (κ3) is 1.42. The van der Waals surface area contributed by atoms with E-state index in [0.717, 1.165) is 6.61 Å². The van der Waals surface area contributed by atoms with Crippen molar-refractivity contribution < 1.29 is 4.74 Å². The topological polar surface area (TPSA) is 21.3 Å². The van der Waals surface area contributed by atoms with Crippen LogP contribution < -0.4 is 5.32 Å². The summed E-state index contributed by atoms with van der Waals surface area (Å²) in [5, 5.41) is 3.40. The van der Waals surface area contributed by atoms with Gasteiger partial charge in [0.25, 0.3) is 0 Å². The highest BCUT2D eigenvalue weighted by Gasteiger charge is 2.38. The molecule has 1 spiro atoms. The molecule has 0 radical (unpaired) electrons. The number of piperidine rings is 1. The second-order valence-corrected chi connectivity index (χ2v) is 4.08. The van der Waals surface area contributed by atoms with Crippen LogP contribution in [-0.4, -0.2) is 25.8 Å². The Bertz CT molecular complexity index is 135. The van der Waals surface area contributed by atoms with Crippen molar-refractivity contribution in [3.63, 3.8) is 0 Å². The van der Waals surface area contributed by atoms with Crippen LogP contribution in [0.15, 0.2) is 0 Å². The molecule has 2 aliphatic heterocycles. The molecule has 2 saturated heterocycles. The molecule has 0 aromatic heterocycles. The Morgan fingerprint density at radius 1 is 1.36 bits per heavy atom. The number of ether oxygens (including phenoxy) is 1. The first-order valence-electron chi connectivity index (χ1n) is 4.63. The van der Waals surface area contributed by atoms with Gasteiger partial charge in [0.1, 0.15) is 0 Å². The Labute approximate surface area is 68.3 Å². The highest BCUT2D eigenvalue weighted by molar-refractivity contribution is 4.90. The quantitative estimate of drug-likeness (QED) is 0.567. The van der Waals surface area contributed by atoms with Gasteiger partial charge >= 0.3 is 0 Å². The molecule has 2 heterocycles. The Balaban J connectivity index is 1.98. The van der Waals surface area contributed by atoms with Crippen LogP contribution in [0.4, 0.5) is 0 Å². The van der Waals surface area contributed by atoms with Gasteiger partial charge in [-0.25, -0.2) is 0 Å². The van der Waals surface area contributed by atoms with E-state index in [1.54, 1.807) is 0 Å². The summed E-state index contributed by atoms with van der Waals surface area (Å²) in [7, 11) is 0. The van der Waals surface area contributed by atoms with Gasteiger partial charge in [-0.05, 0) is 44.7 Å². The van der Waals surface area contributed by atoms with Crippen LogP contribution in [0, 0.1) is 5.41 Å². The molecule has 1 N–H and O–H groups in total. The van der Waals surface area contributed by atoms with E-state index in [9.17, 15) is 0 Å². The van der Waals surface area contributed by atoms with E-state index in [0.29, 0.717) is 11.5 Å². The molecule has 2 aliphatic rings. The summed E-state index contributed by atoms with van der Waals surface area (Å²) >= 11 is 0. The summed E-state index contributed by atoms with van der Waals surface area (Å²) in [5.41, 5.74) is 0.560. The fourth-order valence-corrected chi connectivity index (χ4v) is 2.35. The Morgan fingerprint density at radius 3 is 2.64 bits per heavy atom. The summed E-state index contributed by atoms with van der Waals surface area (Å²) in [6.07, 6.45) is 4.43. The van der Waals surface area contributed by atoms with Crippen molar-refractivity contribution in [2.24, 2.45) is 5.41 Å². The normalized spacial score (nSPS) is 36.3. The molecule has 0 saturated carbocycles. The van der Waals surface area contributed by atoms with E-state index in [2.05, 4.69) is 12.2 Å². The van der Waals surface area contributed by atoms with E-state index in [1.165, 1.54) is 32.4 Å². The fraction of sp³-hybridized carbons (Fsp3) is 1.00. The van der Waals surface area contributed by atoms with Crippen LogP contribution in [0.5, 0.6) is 0 Å².